The fourth-order valence-electron chi connectivity index (χ4n) is 1.82. The third-order valence-corrected chi connectivity index (χ3v) is 3.17. The molecule has 3 heteroatoms. The summed E-state index contributed by atoms with van der Waals surface area (Å²) in [6.07, 6.45) is 4.10. The van der Waals surface area contributed by atoms with Crippen molar-refractivity contribution in [2.24, 2.45) is 0 Å². The molecule has 0 saturated carbocycles. The van der Waals surface area contributed by atoms with E-state index in [2.05, 4.69) is 22.0 Å². The van der Waals surface area contributed by atoms with Gasteiger partial charge in [0.2, 0.25) is 0 Å². The standard InChI is InChI=1S/C14H19BrO2/c1-3-5-13(16)7-4-6-11-10-12(15)8-9-14(11)17-2/h8-10H,3-7H2,1-2H3. The lowest BCUT2D eigenvalue weighted by Crippen LogP contribution is -1.99. The molecule has 0 heterocycles. The highest BCUT2D eigenvalue weighted by molar-refractivity contribution is 9.10. The Balaban J connectivity index is 2.50. The van der Waals surface area contributed by atoms with Crippen LogP contribution >= 0.6 is 15.9 Å². The van der Waals surface area contributed by atoms with Gasteiger partial charge in [0, 0.05) is 17.3 Å². The summed E-state index contributed by atoms with van der Waals surface area (Å²) in [5.41, 5.74) is 1.16. The Morgan fingerprint density at radius 3 is 2.76 bits per heavy atom. The maximum Gasteiger partial charge on any atom is 0.132 e. The minimum atomic E-state index is 0.362. The van der Waals surface area contributed by atoms with Gasteiger partial charge in [-0.2, -0.15) is 0 Å². The summed E-state index contributed by atoms with van der Waals surface area (Å²) >= 11 is 3.45. The molecule has 2 nitrogen and oxygen atoms in total. The number of ketones is 1. The Morgan fingerprint density at radius 1 is 1.35 bits per heavy atom. The number of halogens is 1. The number of ether oxygens (including phenoxy) is 1. The van der Waals surface area contributed by atoms with Gasteiger partial charge in [-0.15, -0.1) is 0 Å². The first-order chi connectivity index (χ1) is 8.17. The van der Waals surface area contributed by atoms with Gasteiger partial charge in [0.05, 0.1) is 7.11 Å². The van der Waals surface area contributed by atoms with Crippen LogP contribution in [-0.2, 0) is 11.2 Å². The molecule has 94 valence electrons. The van der Waals surface area contributed by atoms with Gasteiger partial charge < -0.3 is 4.74 Å². The number of benzene rings is 1. The molecule has 17 heavy (non-hydrogen) atoms. The zero-order valence-electron chi connectivity index (χ0n) is 10.5. The van der Waals surface area contributed by atoms with Crippen molar-refractivity contribution in [2.45, 2.75) is 39.0 Å². The third-order valence-electron chi connectivity index (χ3n) is 2.67. The molecule has 0 aromatic heterocycles. The number of methoxy groups -OCH3 is 1. The van der Waals surface area contributed by atoms with Crippen LogP contribution in [0.3, 0.4) is 0 Å². The molecule has 0 fully saturated rings. The van der Waals surface area contributed by atoms with Gasteiger partial charge in [0.25, 0.3) is 0 Å². The van der Waals surface area contributed by atoms with Crippen LogP contribution in [0.1, 0.15) is 38.2 Å². The molecular formula is C14H19BrO2. The van der Waals surface area contributed by atoms with Crippen molar-refractivity contribution in [1.82, 2.24) is 0 Å². The summed E-state index contributed by atoms with van der Waals surface area (Å²) in [4.78, 5) is 11.4. The van der Waals surface area contributed by atoms with Crippen LogP contribution < -0.4 is 4.74 Å². The zero-order valence-corrected chi connectivity index (χ0v) is 12.0. The summed E-state index contributed by atoms with van der Waals surface area (Å²) in [5.74, 6) is 1.26. The van der Waals surface area contributed by atoms with E-state index in [1.54, 1.807) is 7.11 Å². The van der Waals surface area contributed by atoms with Gasteiger partial charge in [-0.1, -0.05) is 22.9 Å². The first-order valence-electron chi connectivity index (χ1n) is 6.01. The minimum Gasteiger partial charge on any atom is -0.496 e. The molecule has 0 unspecified atom stereocenters. The third kappa shape index (κ3) is 4.90. The molecule has 0 atom stereocenters. The first kappa shape index (κ1) is 14.2. The predicted molar refractivity (Wildman–Crippen MR) is 73.5 cm³/mol. The quantitative estimate of drug-likeness (QED) is 0.756. The second kappa shape index (κ2) is 7.49. The zero-order chi connectivity index (χ0) is 12.7. The Morgan fingerprint density at radius 2 is 2.12 bits per heavy atom. The minimum absolute atomic E-state index is 0.362. The van der Waals surface area contributed by atoms with Crippen molar-refractivity contribution in [2.75, 3.05) is 7.11 Å². The normalized spacial score (nSPS) is 10.3. The topological polar surface area (TPSA) is 26.3 Å². The Kier molecular flexibility index (Phi) is 6.27. The summed E-state index contributed by atoms with van der Waals surface area (Å²) in [6.45, 7) is 2.04. The number of Topliss-reactive ketones (excluding diaryl/α,β-unsaturated/α-hetero) is 1. The smallest absolute Gasteiger partial charge is 0.132 e. The van der Waals surface area contributed by atoms with E-state index >= 15 is 0 Å². The van der Waals surface area contributed by atoms with E-state index in [1.807, 2.05) is 19.1 Å². The molecule has 0 aliphatic heterocycles. The summed E-state index contributed by atoms with van der Waals surface area (Å²) in [7, 11) is 1.68. The van der Waals surface area contributed by atoms with Crippen molar-refractivity contribution in [3.8, 4) is 5.75 Å². The SMILES string of the molecule is CCCC(=O)CCCc1cc(Br)ccc1OC. The van der Waals surface area contributed by atoms with Crippen molar-refractivity contribution in [1.29, 1.82) is 0 Å². The highest BCUT2D eigenvalue weighted by Crippen LogP contribution is 2.24. The molecule has 0 radical (unpaired) electrons. The maximum absolute atomic E-state index is 11.4. The van der Waals surface area contributed by atoms with E-state index in [0.717, 1.165) is 35.0 Å². The Hall–Kier alpha value is -0.830. The van der Waals surface area contributed by atoms with Crippen LogP contribution in [0, 0.1) is 0 Å². The molecule has 1 aromatic rings. The first-order valence-corrected chi connectivity index (χ1v) is 6.80. The van der Waals surface area contributed by atoms with Crippen molar-refractivity contribution < 1.29 is 9.53 Å². The van der Waals surface area contributed by atoms with Gasteiger partial charge in [-0.05, 0) is 43.0 Å². The van der Waals surface area contributed by atoms with Crippen LogP contribution in [0.25, 0.3) is 0 Å². The lowest BCUT2D eigenvalue weighted by molar-refractivity contribution is -0.119. The largest absolute Gasteiger partial charge is 0.496 e. The van der Waals surface area contributed by atoms with Gasteiger partial charge >= 0.3 is 0 Å². The highest BCUT2D eigenvalue weighted by atomic mass is 79.9. The van der Waals surface area contributed by atoms with Gasteiger partial charge in [-0.3, -0.25) is 4.79 Å². The van der Waals surface area contributed by atoms with Gasteiger partial charge in [0.1, 0.15) is 11.5 Å². The van der Waals surface area contributed by atoms with E-state index in [0.29, 0.717) is 18.6 Å². The molecule has 0 saturated heterocycles. The van der Waals surface area contributed by atoms with Crippen LogP contribution in [0.4, 0.5) is 0 Å². The molecule has 0 aliphatic carbocycles. The van der Waals surface area contributed by atoms with Gasteiger partial charge in [-0.25, -0.2) is 0 Å². The van der Waals surface area contributed by atoms with Crippen LogP contribution in [0.15, 0.2) is 22.7 Å². The van der Waals surface area contributed by atoms with Gasteiger partial charge in [0.15, 0.2) is 0 Å². The monoisotopic (exact) mass is 298 g/mol. The molecule has 0 aliphatic rings. The van der Waals surface area contributed by atoms with Crippen LogP contribution in [0.2, 0.25) is 0 Å². The number of carbonyl (C=O) groups excluding carboxylic acids is 1. The van der Waals surface area contributed by atoms with E-state index in [1.165, 1.54) is 0 Å². The lowest BCUT2D eigenvalue weighted by atomic mass is 10.0. The van der Waals surface area contributed by atoms with Crippen molar-refractivity contribution >= 4 is 21.7 Å². The fourth-order valence-corrected chi connectivity index (χ4v) is 2.23. The Bertz CT molecular complexity index is 374. The second-order valence-electron chi connectivity index (χ2n) is 4.10. The maximum atomic E-state index is 11.4. The number of carbonyl (C=O) groups is 1. The fraction of sp³-hybridized carbons (Fsp3) is 0.500. The number of hydrogen-bond donors (Lipinski definition) is 0. The molecule has 0 amide bonds. The van der Waals surface area contributed by atoms with E-state index in [-0.39, 0.29) is 0 Å². The summed E-state index contributed by atoms with van der Waals surface area (Å²) < 4.78 is 6.35. The number of aryl methyl sites for hydroxylation is 1. The molecule has 0 N–H and O–H groups in total. The van der Waals surface area contributed by atoms with Crippen LogP contribution in [-0.4, -0.2) is 12.9 Å². The molecule has 1 rings (SSSR count). The molecule has 1 aromatic carbocycles. The summed E-state index contributed by atoms with van der Waals surface area (Å²) in [5, 5.41) is 0. The average Bonchev–Trinajstić information content (AvgIpc) is 2.30. The molecule has 0 spiro atoms. The molecular weight excluding hydrogens is 280 g/mol. The predicted octanol–water partition coefficient (Wildman–Crippen LogP) is 4.15. The second-order valence-corrected chi connectivity index (χ2v) is 5.01. The van der Waals surface area contributed by atoms with Crippen molar-refractivity contribution in [3.63, 3.8) is 0 Å². The lowest BCUT2D eigenvalue weighted by Gasteiger charge is -2.08. The number of rotatable bonds is 7. The van der Waals surface area contributed by atoms with E-state index in [4.69, 9.17) is 4.74 Å². The molecule has 0 bridgehead atoms. The average molecular weight is 299 g/mol. The van der Waals surface area contributed by atoms with E-state index in [9.17, 15) is 4.79 Å². The highest BCUT2D eigenvalue weighted by Gasteiger charge is 2.05. The summed E-state index contributed by atoms with van der Waals surface area (Å²) in [6, 6.07) is 5.97. The number of hydrogen-bond acceptors (Lipinski definition) is 2. The van der Waals surface area contributed by atoms with E-state index < -0.39 is 0 Å². The van der Waals surface area contributed by atoms with Crippen molar-refractivity contribution in [3.05, 3.63) is 28.2 Å². The Labute approximate surface area is 111 Å². The van der Waals surface area contributed by atoms with Crippen LogP contribution in [0.5, 0.6) is 5.75 Å².